The number of carboxylic acid groups (broad SMARTS) is 1. The Morgan fingerprint density at radius 3 is 2.20 bits per heavy atom. The van der Waals surface area contributed by atoms with Crippen LogP contribution in [0.25, 0.3) is 0 Å². The number of hydrogen-bond acceptors (Lipinski definition) is 4. The van der Waals surface area contributed by atoms with Gasteiger partial charge >= 0.3 is 6.09 Å². The summed E-state index contributed by atoms with van der Waals surface area (Å²) < 4.78 is 27.1. The van der Waals surface area contributed by atoms with Gasteiger partial charge in [-0.3, -0.25) is 4.79 Å². The summed E-state index contributed by atoms with van der Waals surface area (Å²) in [4.78, 5) is 23.8. The number of hydrogen-bond donors (Lipinski definition) is 3. The van der Waals surface area contributed by atoms with Gasteiger partial charge in [-0.1, -0.05) is 6.42 Å². The second-order valence-corrected chi connectivity index (χ2v) is 9.62. The van der Waals surface area contributed by atoms with Gasteiger partial charge in [-0.2, -0.15) is 5.26 Å². The standard InChI is InChI=1S/C12H17F2N3O.C9H15NO2/c13-12(14,5-8-1-2-8)6-9(16)10(18)17-11(7-15)3-4-11;11-8(12)10-6-4-9(5-7-10)2-1-3-9/h8-9H,1-6,16H2,(H,17,18);1-7H2,(H,11,12)/t9-;/m0./s1. The average molecular weight is 427 g/mol. The lowest BCUT2D eigenvalue weighted by atomic mass is 9.63. The third-order valence-electron chi connectivity index (χ3n) is 6.97. The lowest BCUT2D eigenvalue weighted by Gasteiger charge is -2.47. The molecule has 1 spiro atoms. The number of likely N-dealkylation sites (tertiary alicyclic amines) is 1. The molecule has 2 amide bonds. The molecule has 0 radical (unpaired) electrons. The van der Waals surface area contributed by atoms with E-state index in [-0.39, 0.29) is 12.3 Å². The maximum Gasteiger partial charge on any atom is 0.407 e. The number of carbonyl (C=O) groups is 2. The molecule has 3 aliphatic carbocycles. The summed E-state index contributed by atoms with van der Waals surface area (Å²) in [6, 6.07) is 0.722. The molecular weight excluding hydrogens is 394 g/mol. The molecule has 3 saturated carbocycles. The van der Waals surface area contributed by atoms with Crippen LogP contribution < -0.4 is 11.1 Å². The van der Waals surface area contributed by atoms with Crippen LogP contribution in [0.1, 0.15) is 70.6 Å². The fraction of sp³-hybridized carbons (Fsp3) is 0.857. The van der Waals surface area contributed by atoms with Gasteiger partial charge in [-0.25, -0.2) is 13.6 Å². The lowest BCUT2D eigenvalue weighted by Crippen LogP contribution is -2.48. The van der Waals surface area contributed by atoms with Crippen molar-refractivity contribution in [1.29, 1.82) is 5.26 Å². The summed E-state index contributed by atoms with van der Waals surface area (Å²) in [7, 11) is 0. The number of nitrogens with zero attached hydrogens (tertiary/aromatic N) is 2. The first-order valence-corrected chi connectivity index (χ1v) is 10.9. The smallest absolute Gasteiger partial charge is 0.407 e. The van der Waals surface area contributed by atoms with Crippen molar-refractivity contribution in [2.75, 3.05) is 13.1 Å². The number of amides is 2. The van der Waals surface area contributed by atoms with Crippen molar-refractivity contribution < 1.29 is 23.5 Å². The van der Waals surface area contributed by atoms with Crippen LogP contribution in [0.15, 0.2) is 0 Å². The summed E-state index contributed by atoms with van der Waals surface area (Å²) in [6.45, 7) is 1.52. The molecule has 4 fully saturated rings. The predicted octanol–water partition coefficient (Wildman–Crippen LogP) is 3.24. The Labute approximate surface area is 176 Å². The number of nitriles is 1. The molecule has 30 heavy (non-hydrogen) atoms. The molecule has 4 aliphatic rings. The van der Waals surface area contributed by atoms with Gasteiger partial charge in [0.2, 0.25) is 11.8 Å². The van der Waals surface area contributed by atoms with Gasteiger partial charge in [0.25, 0.3) is 0 Å². The SMILES string of the molecule is N#CC1(NC(=O)[C@@H](N)CC(F)(F)CC2CC2)CC1.O=C(O)N1CCC2(CCC2)CC1. The molecule has 1 aliphatic heterocycles. The summed E-state index contributed by atoms with van der Waals surface area (Å²) in [5, 5.41) is 20.0. The Kier molecular flexibility index (Phi) is 6.56. The quantitative estimate of drug-likeness (QED) is 0.602. The van der Waals surface area contributed by atoms with Gasteiger partial charge in [-0.05, 0) is 62.7 Å². The van der Waals surface area contributed by atoms with Gasteiger partial charge in [0.15, 0.2) is 0 Å². The van der Waals surface area contributed by atoms with Crippen molar-refractivity contribution in [3.63, 3.8) is 0 Å². The molecule has 7 nitrogen and oxygen atoms in total. The van der Waals surface area contributed by atoms with Crippen LogP contribution in [0.4, 0.5) is 13.6 Å². The third-order valence-corrected chi connectivity index (χ3v) is 6.97. The zero-order valence-electron chi connectivity index (χ0n) is 17.3. The van der Waals surface area contributed by atoms with Crippen molar-refractivity contribution in [3.8, 4) is 6.07 Å². The Bertz CT molecular complexity index is 687. The van der Waals surface area contributed by atoms with Crippen LogP contribution in [0.5, 0.6) is 0 Å². The fourth-order valence-electron chi connectivity index (χ4n) is 4.31. The zero-order valence-corrected chi connectivity index (χ0v) is 17.3. The normalized spacial score (nSPS) is 24.5. The summed E-state index contributed by atoms with van der Waals surface area (Å²) in [6.07, 6.45) is 7.47. The molecule has 0 aromatic carbocycles. The van der Waals surface area contributed by atoms with Crippen molar-refractivity contribution in [1.82, 2.24) is 10.2 Å². The lowest BCUT2D eigenvalue weighted by molar-refractivity contribution is -0.125. The van der Waals surface area contributed by atoms with E-state index in [0.29, 0.717) is 18.3 Å². The molecule has 0 bridgehead atoms. The second kappa shape index (κ2) is 8.66. The number of alkyl halides is 2. The van der Waals surface area contributed by atoms with E-state index < -0.39 is 35.9 Å². The Morgan fingerprint density at radius 2 is 1.80 bits per heavy atom. The molecule has 1 heterocycles. The molecule has 1 atom stereocenters. The number of carbonyl (C=O) groups excluding carboxylic acids is 1. The molecule has 4 rings (SSSR count). The highest BCUT2D eigenvalue weighted by molar-refractivity contribution is 5.83. The third kappa shape index (κ3) is 6.03. The molecule has 9 heteroatoms. The number of nitrogens with one attached hydrogen (secondary N) is 1. The Morgan fingerprint density at radius 1 is 1.20 bits per heavy atom. The maximum absolute atomic E-state index is 13.5. The zero-order chi connectivity index (χ0) is 22.0. The van der Waals surface area contributed by atoms with Crippen LogP contribution in [0.3, 0.4) is 0 Å². The minimum Gasteiger partial charge on any atom is -0.465 e. The van der Waals surface area contributed by atoms with Crippen molar-refractivity contribution in [3.05, 3.63) is 0 Å². The van der Waals surface area contributed by atoms with Crippen molar-refractivity contribution in [2.24, 2.45) is 17.1 Å². The summed E-state index contributed by atoms with van der Waals surface area (Å²) in [5.74, 6) is -3.45. The van der Waals surface area contributed by atoms with E-state index >= 15 is 0 Å². The van der Waals surface area contributed by atoms with E-state index in [1.807, 2.05) is 6.07 Å². The highest BCUT2D eigenvalue weighted by Crippen LogP contribution is 2.48. The molecule has 1 saturated heterocycles. The Balaban J connectivity index is 0.000000184. The number of nitrogens with two attached hydrogens (primary N) is 1. The number of halogens is 2. The Hall–Kier alpha value is -1.95. The first-order chi connectivity index (χ1) is 14.1. The van der Waals surface area contributed by atoms with Gasteiger partial charge in [0.1, 0.15) is 5.54 Å². The van der Waals surface area contributed by atoms with E-state index in [1.54, 1.807) is 4.90 Å². The monoisotopic (exact) mass is 426 g/mol. The van der Waals surface area contributed by atoms with E-state index in [4.69, 9.17) is 16.1 Å². The van der Waals surface area contributed by atoms with Gasteiger partial charge < -0.3 is 21.1 Å². The van der Waals surface area contributed by atoms with Crippen molar-refractivity contribution in [2.45, 2.75) is 88.1 Å². The highest BCUT2D eigenvalue weighted by Gasteiger charge is 2.46. The van der Waals surface area contributed by atoms with Crippen molar-refractivity contribution >= 4 is 12.0 Å². The molecule has 0 unspecified atom stereocenters. The maximum atomic E-state index is 13.5. The van der Waals surface area contributed by atoms with Crippen LogP contribution >= 0.6 is 0 Å². The van der Waals surface area contributed by atoms with Crippen LogP contribution in [-0.2, 0) is 4.79 Å². The largest absolute Gasteiger partial charge is 0.465 e. The average Bonchev–Trinajstić information content (AvgIpc) is 3.58. The highest BCUT2D eigenvalue weighted by atomic mass is 19.3. The first kappa shape index (κ1) is 22.7. The van der Waals surface area contributed by atoms with Crippen LogP contribution in [-0.4, -0.2) is 52.6 Å². The minimum atomic E-state index is -2.89. The molecule has 0 aromatic heterocycles. The molecule has 0 aromatic rings. The summed E-state index contributed by atoms with van der Waals surface area (Å²) >= 11 is 0. The van der Waals surface area contributed by atoms with Gasteiger partial charge in [0.05, 0.1) is 12.1 Å². The van der Waals surface area contributed by atoms with Gasteiger partial charge in [0, 0.05) is 25.9 Å². The fourth-order valence-corrected chi connectivity index (χ4v) is 4.31. The summed E-state index contributed by atoms with van der Waals surface area (Å²) in [5.41, 5.74) is 5.20. The molecule has 168 valence electrons. The predicted molar refractivity (Wildman–Crippen MR) is 106 cm³/mol. The first-order valence-electron chi connectivity index (χ1n) is 10.9. The van der Waals surface area contributed by atoms with Crippen LogP contribution in [0.2, 0.25) is 0 Å². The van der Waals surface area contributed by atoms with Gasteiger partial charge in [-0.15, -0.1) is 0 Å². The molecular formula is C21H32F2N4O3. The van der Waals surface area contributed by atoms with Crippen LogP contribution in [0, 0.1) is 22.7 Å². The second-order valence-electron chi connectivity index (χ2n) is 9.62. The minimum absolute atomic E-state index is 0.0872. The number of rotatable bonds is 6. The topological polar surface area (TPSA) is 119 Å². The molecule has 4 N–H and O–H groups in total. The van der Waals surface area contributed by atoms with E-state index in [9.17, 15) is 18.4 Å². The van der Waals surface area contributed by atoms with E-state index in [0.717, 1.165) is 38.8 Å². The number of piperidine rings is 1. The van der Waals surface area contributed by atoms with E-state index in [1.165, 1.54) is 19.3 Å². The van der Waals surface area contributed by atoms with E-state index in [2.05, 4.69) is 5.32 Å².